The van der Waals surface area contributed by atoms with Crippen molar-refractivity contribution in [2.75, 3.05) is 27.2 Å². The second kappa shape index (κ2) is 10.4. The lowest BCUT2D eigenvalue weighted by Crippen LogP contribution is -2.41. The van der Waals surface area contributed by atoms with Gasteiger partial charge in [0.25, 0.3) is 0 Å². The van der Waals surface area contributed by atoms with Crippen molar-refractivity contribution < 1.29 is 0 Å². The molecule has 0 N–H and O–H groups in total. The standard InChI is InChI=1S/C28H35N3/c1-7-10-24(17-21(4)31-15-13-27(14-16-31)30(5)6)28-19-26-18-23(22(8-2)9-3)11-12-25(26)20-29-28/h7-12,17-20,27H,2,4,13-16H2,1,3,5-6H3/b10-7-,22-9+,24-17+. The van der Waals surface area contributed by atoms with Crippen LogP contribution in [-0.2, 0) is 0 Å². The first kappa shape index (κ1) is 22.8. The van der Waals surface area contributed by atoms with Gasteiger partial charge in [0.15, 0.2) is 0 Å². The largest absolute Gasteiger partial charge is 0.372 e. The van der Waals surface area contributed by atoms with Crippen molar-refractivity contribution in [1.29, 1.82) is 0 Å². The molecule has 0 atom stereocenters. The molecule has 1 aliphatic heterocycles. The summed E-state index contributed by atoms with van der Waals surface area (Å²) in [4.78, 5) is 9.48. The summed E-state index contributed by atoms with van der Waals surface area (Å²) in [5.74, 6) is 0. The molecule has 3 rings (SSSR count). The van der Waals surface area contributed by atoms with Crippen LogP contribution in [0.1, 0.15) is 37.9 Å². The second-order valence-electron chi connectivity index (χ2n) is 8.35. The van der Waals surface area contributed by atoms with Crippen LogP contribution in [0.2, 0.25) is 0 Å². The molecule has 1 saturated heterocycles. The first-order valence-corrected chi connectivity index (χ1v) is 11.1. The van der Waals surface area contributed by atoms with E-state index in [9.17, 15) is 0 Å². The van der Waals surface area contributed by atoms with Gasteiger partial charge in [-0.2, -0.15) is 0 Å². The Bertz CT molecular complexity index is 1030. The normalized spacial score (nSPS) is 16.5. The summed E-state index contributed by atoms with van der Waals surface area (Å²) in [7, 11) is 4.34. The molecule has 0 aliphatic carbocycles. The van der Waals surface area contributed by atoms with E-state index in [2.05, 4.69) is 85.6 Å². The number of piperidine rings is 1. The molecule has 1 fully saturated rings. The summed E-state index contributed by atoms with van der Waals surface area (Å²) in [6.07, 6.45) is 14.7. The van der Waals surface area contributed by atoms with Crippen LogP contribution in [0, 0.1) is 0 Å². The first-order chi connectivity index (χ1) is 15.0. The number of pyridine rings is 1. The van der Waals surface area contributed by atoms with Crippen LogP contribution in [0.15, 0.2) is 79.7 Å². The van der Waals surface area contributed by atoms with Gasteiger partial charge in [-0.3, -0.25) is 4.98 Å². The fraction of sp³-hybridized carbons (Fsp3) is 0.321. The highest BCUT2D eigenvalue weighted by atomic mass is 15.2. The molecule has 0 saturated carbocycles. The van der Waals surface area contributed by atoms with Gasteiger partial charge in [0.2, 0.25) is 0 Å². The average molecular weight is 414 g/mol. The van der Waals surface area contributed by atoms with E-state index >= 15 is 0 Å². The summed E-state index contributed by atoms with van der Waals surface area (Å²) in [5.41, 5.74) is 5.42. The van der Waals surface area contributed by atoms with Crippen LogP contribution < -0.4 is 0 Å². The molecule has 0 radical (unpaired) electrons. The summed E-state index contributed by atoms with van der Waals surface area (Å²) in [6.45, 7) is 14.5. The molecule has 3 nitrogen and oxygen atoms in total. The molecule has 162 valence electrons. The molecule has 1 aromatic heterocycles. The van der Waals surface area contributed by atoms with Crippen molar-refractivity contribution in [3.05, 3.63) is 91.0 Å². The van der Waals surface area contributed by atoms with Crippen LogP contribution in [0.4, 0.5) is 0 Å². The maximum Gasteiger partial charge on any atom is 0.0709 e. The molecule has 0 bridgehead atoms. The fourth-order valence-corrected chi connectivity index (χ4v) is 4.21. The predicted octanol–water partition coefficient (Wildman–Crippen LogP) is 6.32. The monoisotopic (exact) mass is 413 g/mol. The number of aromatic nitrogens is 1. The Hall–Kier alpha value is -2.91. The summed E-state index contributed by atoms with van der Waals surface area (Å²) >= 11 is 0. The van der Waals surface area contributed by atoms with Gasteiger partial charge in [0.05, 0.1) is 5.69 Å². The van der Waals surface area contributed by atoms with Crippen molar-refractivity contribution in [2.45, 2.75) is 32.7 Å². The quantitative estimate of drug-likeness (QED) is 0.495. The fourth-order valence-electron chi connectivity index (χ4n) is 4.21. The van der Waals surface area contributed by atoms with Gasteiger partial charge in [-0.15, -0.1) is 0 Å². The van der Waals surface area contributed by atoms with E-state index in [0.717, 1.165) is 41.0 Å². The van der Waals surface area contributed by atoms with Crippen molar-refractivity contribution in [2.24, 2.45) is 0 Å². The van der Waals surface area contributed by atoms with E-state index < -0.39 is 0 Å². The highest BCUT2D eigenvalue weighted by molar-refractivity contribution is 5.90. The molecular formula is C28H35N3. The number of benzene rings is 1. The molecule has 0 spiro atoms. The van der Waals surface area contributed by atoms with E-state index in [4.69, 9.17) is 4.98 Å². The van der Waals surface area contributed by atoms with E-state index in [0.29, 0.717) is 6.04 Å². The maximum absolute atomic E-state index is 4.75. The SMILES string of the molecule is C=C/C(=C\C)c1ccc2cnc(C(/C=C\C)=C/C(=C)N3CCC(N(C)C)CC3)cc2c1. The number of allylic oxidation sites excluding steroid dienone is 7. The van der Waals surface area contributed by atoms with E-state index in [1.807, 2.05) is 26.1 Å². The van der Waals surface area contributed by atoms with Crippen LogP contribution in [0.3, 0.4) is 0 Å². The van der Waals surface area contributed by atoms with Crippen LogP contribution in [0.5, 0.6) is 0 Å². The molecule has 2 aromatic rings. The zero-order valence-corrected chi connectivity index (χ0v) is 19.4. The van der Waals surface area contributed by atoms with Gasteiger partial charge in [-0.1, -0.05) is 49.6 Å². The second-order valence-corrected chi connectivity index (χ2v) is 8.35. The van der Waals surface area contributed by atoms with Gasteiger partial charge < -0.3 is 9.80 Å². The molecule has 1 aliphatic rings. The van der Waals surface area contributed by atoms with E-state index in [1.165, 1.54) is 23.8 Å². The van der Waals surface area contributed by atoms with Crippen molar-refractivity contribution in [1.82, 2.24) is 14.8 Å². The van der Waals surface area contributed by atoms with Gasteiger partial charge >= 0.3 is 0 Å². The highest BCUT2D eigenvalue weighted by Gasteiger charge is 2.20. The average Bonchev–Trinajstić information content (AvgIpc) is 2.79. The third kappa shape index (κ3) is 5.42. The van der Waals surface area contributed by atoms with Crippen LogP contribution in [0.25, 0.3) is 21.9 Å². The Morgan fingerprint density at radius 3 is 2.45 bits per heavy atom. The smallest absolute Gasteiger partial charge is 0.0709 e. The predicted molar refractivity (Wildman–Crippen MR) is 136 cm³/mol. The first-order valence-electron chi connectivity index (χ1n) is 11.1. The zero-order valence-electron chi connectivity index (χ0n) is 19.4. The van der Waals surface area contributed by atoms with Crippen LogP contribution in [-0.4, -0.2) is 48.0 Å². The molecule has 3 heteroatoms. The lowest BCUT2D eigenvalue weighted by atomic mass is 10.00. The molecule has 0 amide bonds. The minimum absolute atomic E-state index is 0.664. The molecule has 0 unspecified atom stereocenters. The number of rotatable bonds is 7. The van der Waals surface area contributed by atoms with Crippen LogP contribution >= 0.6 is 0 Å². The third-order valence-corrected chi connectivity index (χ3v) is 6.15. The van der Waals surface area contributed by atoms with Crippen molar-refractivity contribution in [3.63, 3.8) is 0 Å². The number of nitrogens with zero attached hydrogens (tertiary/aromatic N) is 3. The highest BCUT2D eigenvalue weighted by Crippen LogP contribution is 2.26. The van der Waals surface area contributed by atoms with Gasteiger partial charge in [0.1, 0.15) is 0 Å². The number of hydrogen-bond acceptors (Lipinski definition) is 3. The summed E-state index contributed by atoms with van der Waals surface area (Å²) in [6, 6.07) is 9.30. The maximum atomic E-state index is 4.75. The molecular weight excluding hydrogens is 378 g/mol. The summed E-state index contributed by atoms with van der Waals surface area (Å²) in [5, 5.41) is 2.31. The molecule has 31 heavy (non-hydrogen) atoms. The Balaban J connectivity index is 1.89. The van der Waals surface area contributed by atoms with Crippen molar-refractivity contribution in [3.8, 4) is 0 Å². The Morgan fingerprint density at radius 2 is 1.84 bits per heavy atom. The molecule has 2 heterocycles. The number of fused-ring (bicyclic) bond motifs is 1. The Kier molecular flexibility index (Phi) is 7.64. The minimum Gasteiger partial charge on any atom is -0.372 e. The van der Waals surface area contributed by atoms with Crippen molar-refractivity contribution >= 4 is 21.9 Å². The lowest BCUT2D eigenvalue weighted by Gasteiger charge is -2.36. The zero-order chi connectivity index (χ0) is 22.4. The van der Waals surface area contributed by atoms with E-state index in [-0.39, 0.29) is 0 Å². The Morgan fingerprint density at radius 1 is 1.10 bits per heavy atom. The van der Waals surface area contributed by atoms with Gasteiger partial charge in [-0.25, -0.2) is 0 Å². The minimum atomic E-state index is 0.664. The number of likely N-dealkylation sites (tertiary alicyclic amines) is 1. The van der Waals surface area contributed by atoms with Gasteiger partial charge in [0, 0.05) is 42.0 Å². The topological polar surface area (TPSA) is 19.4 Å². The number of hydrogen-bond donors (Lipinski definition) is 0. The van der Waals surface area contributed by atoms with Gasteiger partial charge in [-0.05, 0) is 75.5 Å². The lowest BCUT2D eigenvalue weighted by molar-refractivity contribution is 0.173. The Labute approximate surface area is 187 Å². The molecule has 1 aromatic carbocycles. The third-order valence-electron chi connectivity index (χ3n) is 6.15. The van der Waals surface area contributed by atoms with E-state index in [1.54, 1.807) is 0 Å². The summed E-state index contributed by atoms with van der Waals surface area (Å²) < 4.78 is 0.